The Morgan fingerprint density at radius 3 is 2.43 bits per heavy atom. The van der Waals surface area contributed by atoms with Gasteiger partial charge in [0.15, 0.2) is 0 Å². The summed E-state index contributed by atoms with van der Waals surface area (Å²) in [6.07, 6.45) is -4.41. The van der Waals surface area contributed by atoms with Gasteiger partial charge in [0.05, 0.1) is 0 Å². The molecule has 2 aromatic rings. The van der Waals surface area contributed by atoms with Gasteiger partial charge in [0, 0.05) is 17.8 Å². The Kier molecular flexibility index (Phi) is 4.85. The van der Waals surface area contributed by atoms with Gasteiger partial charge in [-0.1, -0.05) is 0 Å². The van der Waals surface area contributed by atoms with E-state index < -0.39 is 18.6 Å². The van der Waals surface area contributed by atoms with Crippen molar-refractivity contribution >= 4 is 22.9 Å². The number of carbonyl (C=O) groups excluding carboxylic acids is 1. The van der Waals surface area contributed by atoms with Crippen LogP contribution in [0, 0.1) is 0 Å². The molecular formula is C14H13F3N2OS. The van der Waals surface area contributed by atoms with E-state index in [0.29, 0.717) is 6.54 Å². The monoisotopic (exact) mass is 314 g/mol. The average molecular weight is 314 g/mol. The maximum absolute atomic E-state index is 12.0. The molecule has 3 nitrogen and oxygen atoms in total. The molecule has 0 saturated heterocycles. The number of anilines is 1. The van der Waals surface area contributed by atoms with E-state index in [4.69, 9.17) is 0 Å². The summed E-state index contributed by atoms with van der Waals surface area (Å²) < 4.78 is 36.0. The molecule has 0 spiro atoms. The summed E-state index contributed by atoms with van der Waals surface area (Å²) in [5.41, 5.74) is 2.14. The molecule has 1 aromatic heterocycles. The van der Waals surface area contributed by atoms with E-state index in [1.807, 2.05) is 22.1 Å². The van der Waals surface area contributed by atoms with Crippen LogP contribution in [0.4, 0.5) is 18.9 Å². The van der Waals surface area contributed by atoms with Crippen LogP contribution in [0.3, 0.4) is 0 Å². The lowest BCUT2D eigenvalue weighted by Gasteiger charge is -2.09. The highest BCUT2D eigenvalue weighted by Gasteiger charge is 2.27. The summed E-state index contributed by atoms with van der Waals surface area (Å²) in [5.74, 6) is -0.739. The summed E-state index contributed by atoms with van der Waals surface area (Å²) in [6.45, 7) is -0.674. The molecule has 112 valence electrons. The molecule has 1 amide bonds. The highest BCUT2D eigenvalue weighted by molar-refractivity contribution is 7.07. The first-order valence-electron chi connectivity index (χ1n) is 6.14. The second-order valence-corrected chi connectivity index (χ2v) is 5.14. The molecule has 7 heteroatoms. The third kappa shape index (κ3) is 5.11. The Hall–Kier alpha value is -2.02. The van der Waals surface area contributed by atoms with Crippen molar-refractivity contribution < 1.29 is 18.0 Å². The van der Waals surface area contributed by atoms with Crippen LogP contribution in [0.2, 0.25) is 0 Å². The van der Waals surface area contributed by atoms with Crippen LogP contribution in [-0.4, -0.2) is 18.6 Å². The van der Waals surface area contributed by atoms with Crippen molar-refractivity contribution in [2.45, 2.75) is 12.7 Å². The number of carbonyl (C=O) groups is 1. The fourth-order valence-electron chi connectivity index (χ4n) is 1.62. The van der Waals surface area contributed by atoms with Gasteiger partial charge in [-0.15, -0.1) is 0 Å². The zero-order valence-corrected chi connectivity index (χ0v) is 11.7. The minimum absolute atomic E-state index is 0.195. The van der Waals surface area contributed by atoms with Gasteiger partial charge in [-0.25, -0.2) is 0 Å². The summed E-state index contributed by atoms with van der Waals surface area (Å²) in [6, 6.07) is 8.30. The Labute approximate surface area is 123 Å². The Morgan fingerprint density at radius 1 is 1.14 bits per heavy atom. The zero-order valence-electron chi connectivity index (χ0n) is 10.9. The van der Waals surface area contributed by atoms with Gasteiger partial charge in [-0.3, -0.25) is 4.79 Å². The van der Waals surface area contributed by atoms with Crippen LogP contribution >= 0.6 is 11.3 Å². The van der Waals surface area contributed by atoms with Crippen LogP contribution in [0.5, 0.6) is 0 Å². The van der Waals surface area contributed by atoms with Crippen molar-refractivity contribution in [2.75, 3.05) is 11.9 Å². The van der Waals surface area contributed by atoms with Crippen molar-refractivity contribution in [2.24, 2.45) is 0 Å². The number of nitrogens with one attached hydrogen (secondary N) is 2. The molecule has 0 aliphatic rings. The van der Waals surface area contributed by atoms with Gasteiger partial charge in [0.1, 0.15) is 6.54 Å². The smallest absolute Gasteiger partial charge is 0.381 e. The third-order valence-electron chi connectivity index (χ3n) is 2.67. The standard InChI is InChI=1S/C14H13F3N2OS/c15-14(16,17)9-19-13(20)11-1-3-12(4-2-11)18-7-10-5-6-21-8-10/h1-6,8,18H,7,9H2,(H,19,20). The molecule has 1 heterocycles. The minimum Gasteiger partial charge on any atom is -0.381 e. The number of thiophene rings is 1. The molecule has 21 heavy (non-hydrogen) atoms. The number of benzene rings is 1. The summed E-state index contributed by atoms with van der Waals surface area (Å²) in [7, 11) is 0. The molecule has 0 atom stereocenters. The largest absolute Gasteiger partial charge is 0.405 e. The van der Waals surface area contributed by atoms with Crippen LogP contribution in [-0.2, 0) is 6.54 Å². The van der Waals surface area contributed by atoms with Crippen LogP contribution in [0.1, 0.15) is 15.9 Å². The number of hydrogen-bond acceptors (Lipinski definition) is 3. The number of rotatable bonds is 5. The second kappa shape index (κ2) is 6.62. The lowest BCUT2D eigenvalue weighted by Crippen LogP contribution is -2.33. The molecule has 0 aliphatic carbocycles. The van der Waals surface area contributed by atoms with Gasteiger partial charge in [0.2, 0.25) is 0 Å². The number of hydrogen-bond donors (Lipinski definition) is 2. The van der Waals surface area contributed by atoms with Gasteiger partial charge >= 0.3 is 6.18 Å². The first kappa shape index (κ1) is 15.4. The summed E-state index contributed by atoms with van der Waals surface area (Å²) >= 11 is 1.60. The minimum atomic E-state index is -4.41. The zero-order chi connectivity index (χ0) is 15.3. The second-order valence-electron chi connectivity index (χ2n) is 4.36. The van der Waals surface area contributed by atoms with Crippen molar-refractivity contribution in [1.82, 2.24) is 5.32 Å². The average Bonchev–Trinajstić information content (AvgIpc) is 2.95. The van der Waals surface area contributed by atoms with Gasteiger partial charge in [0.25, 0.3) is 5.91 Å². The number of alkyl halides is 3. The quantitative estimate of drug-likeness (QED) is 0.884. The van der Waals surface area contributed by atoms with E-state index in [9.17, 15) is 18.0 Å². The van der Waals surface area contributed by atoms with Gasteiger partial charge in [-0.2, -0.15) is 24.5 Å². The maximum Gasteiger partial charge on any atom is 0.405 e. The predicted molar refractivity (Wildman–Crippen MR) is 76.5 cm³/mol. The SMILES string of the molecule is O=C(NCC(F)(F)F)c1ccc(NCc2ccsc2)cc1. The van der Waals surface area contributed by atoms with E-state index in [1.165, 1.54) is 12.1 Å². The van der Waals surface area contributed by atoms with E-state index in [2.05, 4.69) is 5.32 Å². The van der Waals surface area contributed by atoms with Crippen molar-refractivity contribution in [3.05, 3.63) is 52.2 Å². The van der Waals surface area contributed by atoms with Crippen LogP contribution < -0.4 is 10.6 Å². The van der Waals surface area contributed by atoms with E-state index in [1.54, 1.807) is 23.5 Å². The number of amides is 1. The normalized spacial score (nSPS) is 11.2. The predicted octanol–water partition coefficient (Wildman–Crippen LogP) is 3.65. The molecule has 1 aromatic carbocycles. The highest BCUT2D eigenvalue weighted by Crippen LogP contribution is 2.14. The summed E-state index contributed by atoms with van der Waals surface area (Å²) in [5, 5.41) is 8.99. The van der Waals surface area contributed by atoms with E-state index >= 15 is 0 Å². The lowest BCUT2D eigenvalue weighted by molar-refractivity contribution is -0.123. The fourth-order valence-corrected chi connectivity index (χ4v) is 2.29. The Morgan fingerprint density at radius 2 is 1.86 bits per heavy atom. The Balaban J connectivity index is 1.87. The first-order chi connectivity index (χ1) is 9.94. The molecule has 0 fully saturated rings. The van der Waals surface area contributed by atoms with Crippen LogP contribution in [0.25, 0.3) is 0 Å². The molecule has 0 unspecified atom stereocenters. The van der Waals surface area contributed by atoms with Gasteiger partial charge in [-0.05, 0) is 46.7 Å². The van der Waals surface area contributed by atoms with E-state index in [0.717, 1.165) is 11.3 Å². The molecule has 0 aliphatic heterocycles. The third-order valence-corrected chi connectivity index (χ3v) is 3.41. The van der Waals surface area contributed by atoms with Gasteiger partial charge < -0.3 is 10.6 Å². The first-order valence-corrected chi connectivity index (χ1v) is 7.08. The molecule has 2 rings (SSSR count). The maximum atomic E-state index is 12.0. The molecule has 2 N–H and O–H groups in total. The molecule has 0 bridgehead atoms. The molecule has 0 radical (unpaired) electrons. The lowest BCUT2D eigenvalue weighted by atomic mass is 10.2. The Bertz CT molecular complexity index is 579. The van der Waals surface area contributed by atoms with Crippen LogP contribution in [0.15, 0.2) is 41.1 Å². The fraction of sp³-hybridized carbons (Fsp3) is 0.214. The summed E-state index contributed by atoms with van der Waals surface area (Å²) in [4.78, 5) is 11.5. The topological polar surface area (TPSA) is 41.1 Å². The van der Waals surface area contributed by atoms with Crippen molar-refractivity contribution in [1.29, 1.82) is 0 Å². The van der Waals surface area contributed by atoms with E-state index in [-0.39, 0.29) is 5.56 Å². The highest BCUT2D eigenvalue weighted by atomic mass is 32.1. The van der Waals surface area contributed by atoms with Crippen molar-refractivity contribution in [3.8, 4) is 0 Å². The number of halogens is 3. The van der Waals surface area contributed by atoms with Crippen molar-refractivity contribution in [3.63, 3.8) is 0 Å². The molecular weight excluding hydrogens is 301 g/mol. The molecule has 0 saturated carbocycles.